The fraction of sp³-hybridized carbons (Fsp3) is 0.0909. The van der Waals surface area contributed by atoms with E-state index in [2.05, 4.69) is 4.98 Å². The number of nitrogens with two attached hydrogens (primary N) is 2. The van der Waals surface area contributed by atoms with Gasteiger partial charge < -0.3 is 16.6 Å². The molecule has 0 amide bonds. The van der Waals surface area contributed by atoms with Crippen molar-refractivity contribution < 1.29 is 9.90 Å². The molecule has 1 heterocycles. The van der Waals surface area contributed by atoms with E-state index in [1.165, 1.54) is 23.5 Å². The summed E-state index contributed by atoms with van der Waals surface area (Å²) in [4.78, 5) is 14.2. The molecule has 5 nitrogen and oxygen atoms in total. The smallest absolute Gasteiger partial charge is 0.335 e. The topological polar surface area (TPSA) is 102 Å². The molecular formula is C11H13N3O2S. The molecule has 90 valence electrons. The molecule has 0 unspecified atom stereocenters. The van der Waals surface area contributed by atoms with Crippen LogP contribution in [0.4, 0.5) is 10.8 Å². The van der Waals surface area contributed by atoms with E-state index >= 15 is 0 Å². The van der Waals surface area contributed by atoms with Crippen molar-refractivity contribution in [1.29, 1.82) is 0 Å². The molecule has 1 aromatic heterocycles. The van der Waals surface area contributed by atoms with Crippen molar-refractivity contribution in [3.05, 3.63) is 40.9 Å². The van der Waals surface area contributed by atoms with Gasteiger partial charge in [0.15, 0.2) is 5.13 Å². The number of hydrogen-bond acceptors (Lipinski definition) is 5. The van der Waals surface area contributed by atoms with Gasteiger partial charge in [-0.3, -0.25) is 0 Å². The highest BCUT2D eigenvalue weighted by molar-refractivity contribution is 7.13. The first-order chi connectivity index (χ1) is 7.99. The first-order valence-electron chi connectivity index (χ1n) is 4.75. The number of nitrogens with zero attached hydrogens (tertiary/aromatic N) is 1. The van der Waals surface area contributed by atoms with Crippen LogP contribution in [0.25, 0.3) is 0 Å². The number of hydrogen-bond donors (Lipinski definition) is 3. The molecule has 0 bridgehead atoms. The van der Waals surface area contributed by atoms with Gasteiger partial charge in [-0.15, -0.1) is 11.3 Å². The minimum atomic E-state index is -0.952. The van der Waals surface area contributed by atoms with Crippen LogP contribution in [0.2, 0.25) is 0 Å². The quantitative estimate of drug-likeness (QED) is 0.673. The Bertz CT molecular complexity index is 494. The van der Waals surface area contributed by atoms with Crippen LogP contribution in [0.15, 0.2) is 29.6 Å². The maximum atomic E-state index is 10.3. The zero-order valence-electron chi connectivity index (χ0n) is 9.25. The van der Waals surface area contributed by atoms with E-state index in [1.54, 1.807) is 12.1 Å². The Morgan fingerprint density at radius 3 is 2.41 bits per heavy atom. The number of rotatable bonds is 1. The van der Waals surface area contributed by atoms with Crippen LogP contribution in [-0.2, 0) is 0 Å². The maximum Gasteiger partial charge on any atom is 0.335 e. The summed E-state index contributed by atoms with van der Waals surface area (Å²) in [5.74, 6) is -0.952. The van der Waals surface area contributed by atoms with Crippen LogP contribution in [0.1, 0.15) is 16.1 Å². The molecule has 1 aromatic carbocycles. The van der Waals surface area contributed by atoms with E-state index in [0.29, 0.717) is 10.8 Å². The van der Waals surface area contributed by atoms with Crippen LogP contribution in [-0.4, -0.2) is 16.1 Å². The van der Waals surface area contributed by atoms with E-state index in [1.807, 2.05) is 12.3 Å². The first-order valence-corrected chi connectivity index (χ1v) is 5.63. The lowest BCUT2D eigenvalue weighted by Crippen LogP contribution is -1.96. The van der Waals surface area contributed by atoms with E-state index in [0.717, 1.165) is 5.69 Å². The molecule has 6 heteroatoms. The average molecular weight is 251 g/mol. The van der Waals surface area contributed by atoms with Crippen molar-refractivity contribution in [2.45, 2.75) is 6.92 Å². The van der Waals surface area contributed by atoms with Crippen molar-refractivity contribution in [2.75, 3.05) is 11.5 Å². The van der Waals surface area contributed by atoms with Crippen LogP contribution >= 0.6 is 11.3 Å². The lowest BCUT2D eigenvalue weighted by Gasteiger charge is -1.93. The Hall–Kier alpha value is -2.08. The lowest BCUT2D eigenvalue weighted by atomic mass is 10.2. The predicted molar refractivity (Wildman–Crippen MR) is 69.1 cm³/mol. The van der Waals surface area contributed by atoms with Crippen molar-refractivity contribution in [3.8, 4) is 0 Å². The second kappa shape index (κ2) is 5.86. The largest absolute Gasteiger partial charge is 0.478 e. The van der Waals surface area contributed by atoms with Gasteiger partial charge in [-0.05, 0) is 25.1 Å². The molecule has 0 saturated heterocycles. The summed E-state index contributed by atoms with van der Waals surface area (Å²) in [7, 11) is 0. The van der Waals surface area contributed by atoms with Gasteiger partial charge in [-0.1, -0.05) is 6.07 Å². The molecule has 0 aliphatic rings. The Kier molecular flexibility index (Phi) is 4.47. The summed E-state index contributed by atoms with van der Waals surface area (Å²) in [6.45, 7) is 1.92. The van der Waals surface area contributed by atoms with Crippen LogP contribution in [0.3, 0.4) is 0 Å². The Labute approximate surface area is 103 Å². The zero-order chi connectivity index (χ0) is 12.8. The monoisotopic (exact) mass is 251 g/mol. The summed E-state index contributed by atoms with van der Waals surface area (Å²) < 4.78 is 0. The van der Waals surface area contributed by atoms with Gasteiger partial charge in [0.2, 0.25) is 0 Å². The van der Waals surface area contributed by atoms with Gasteiger partial charge in [0, 0.05) is 11.1 Å². The standard InChI is InChI=1S/C7H7NO2.C4H6N2S/c8-6-3-1-2-5(4-6)7(9)10;1-3-2-7-4(5)6-3/h1-4H,8H2,(H,9,10);2H,1H3,(H2,5,6). The highest BCUT2D eigenvalue weighted by Crippen LogP contribution is 2.08. The lowest BCUT2D eigenvalue weighted by molar-refractivity contribution is 0.0697. The number of carboxylic acid groups (broad SMARTS) is 1. The van der Waals surface area contributed by atoms with E-state index < -0.39 is 5.97 Å². The van der Waals surface area contributed by atoms with Gasteiger partial charge in [-0.2, -0.15) is 0 Å². The highest BCUT2D eigenvalue weighted by atomic mass is 32.1. The minimum absolute atomic E-state index is 0.222. The van der Waals surface area contributed by atoms with Crippen molar-refractivity contribution in [2.24, 2.45) is 0 Å². The third-order valence-corrected chi connectivity index (χ3v) is 2.56. The fourth-order valence-electron chi connectivity index (χ4n) is 1.04. The average Bonchev–Trinajstić information content (AvgIpc) is 2.63. The summed E-state index contributed by atoms with van der Waals surface area (Å²) in [6.07, 6.45) is 0. The summed E-state index contributed by atoms with van der Waals surface area (Å²) in [5.41, 5.74) is 12.3. The molecule has 0 aliphatic carbocycles. The number of aryl methyl sites for hydroxylation is 1. The normalized spacial score (nSPS) is 9.24. The van der Waals surface area contributed by atoms with Crippen molar-refractivity contribution in [1.82, 2.24) is 4.98 Å². The van der Waals surface area contributed by atoms with E-state index in [4.69, 9.17) is 16.6 Å². The molecular weight excluding hydrogens is 238 g/mol. The van der Waals surface area contributed by atoms with Gasteiger partial charge >= 0.3 is 5.97 Å². The van der Waals surface area contributed by atoms with Crippen molar-refractivity contribution in [3.63, 3.8) is 0 Å². The van der Waals surface area contributed by atoms with Gasteiger partial charge in [0.1, 0.15) is 0 Å². The second-order valence-electron chi connectivity index (χ2n) is 3.26. The third-order valence-electron chi connectivity index (χ3n) is 1.77. The summed E-state index contributed by atoms with van der Waals surface area (Å²) in [6, 6.07) is 6.17. The van der Waals surface area contributed by atoms with Gasteiger partial charge in [0.25, 0.3) is 0 Å². The molecule has 2 rings (SSSR count). The highest BCUT2D eigenvalue weighted by Gasteiger charge is 1.99. The van der Waals surface area contributed by atoms with Crippen LogP contribution in [0, 0.1) is 6.92 Å². The molecule has 0 atom stereocenters. The maximum absolute atomic E-state index is 10.3. The number of anilines is 2. The second-order valence-corrected chi connectivity index (χ2v) is 4.15. The molecule has 0 radical (unpaired) electrons. The Morgan fingerprint density at radius 1 is 1.41 bits per heavy atom. The molecule has 0 spiro atoms. The summed E-state index contributed by atoms with van der Waals surface area (Å²) >= 11 is 1.47. The molecule has 0 saturated carbocycles. The van der Waals surface area contributed by atoms with Crippen molar-refractivity contribution >= 4 is 28.1 Å². The minimum Gasteiger partial charge on any atom is -0.478 e. The number of benzene rings is 1. The zero-order valence-corrected chi connectivity index (χ0v) is 10.1. The van der Waals surface area contributed by atoms with Gasteiger partial charge in [0.05, 0.1) is 11.3 Å². The molecule has 0 aliphatic heterocycles. The molecule has 0 fully saturated rings. The van der Waals surface area contributed by atoms with Crippen LogP contribution in [0.5, 0.6) is 0 Å². The predicted octanol–water partition coefficient (Wildman–Crippen LogP) is 2.00. The third kappa shape index (κ3) is 4.52. The van der Waals surface area contributed by atoms with Gasteiger partial charge in [-0.25, -0.2) is 9.78 Å². The number of carbonyl (C=O) groups is 1. The summed E-state index contributed by atoms with van der Waals surface area (Å²) in [5, 5.41) is 11.0. The molecule has 2 aromatic rings. The van der Waals surface area contributed by atoms with E-state index in [9.17, 15) is 4.79 Å². The number of aromatic nitrogens is 1. The Balaban J connectivity index is 0.000000181. The molecule has 5 N–H and O–H groups in total. The van der Waals surface area contributed by atoms with Crippen LogP contribution < -0.4 is 11.5 Å². The number of aromatic carboxylic acids is 1. The number of nitrogen functional groups attached to an aromatic ring is 2. The SMILES string of the molecule is Cc1csc(N)n1.Nc1cccc(C(=O)O)c1. The first kappa shape index (κ1) is 13.0. The molecule has 17 heavy (non-hydrogen) atoms. The Morgan fingerprint density at radius 2 is 2.12 bits per heavy atom. The number of thiazole rings is 1. The number of carboxylic acids is 1. The van der Waals surface area contributed by atoms with E-state index in [-0.39, 0.29) is 5.56 Å². The fourth-order valence-corrected chi connectivity index (χ4v) is 1.58.